The zero-order valence-corrected chi connectivity index (χ0v) is 10.6. The van der Waals surface area contributed by atoms with E-state index in [0.29, 0.717) is 5.75 Å². The Labute approximate surface area is 111 Å². The van der Waals surface area contributed by atoms with E-state index in [4.69, 9.17) is 4.74 Å². The van der Waals surface area contributed by atoms with Crippen LogP contribution in [0.2, 0.25) is 0 Å². The van der Waals surface area contributed by atoms with Gasteiger partial charge in [0.25, 0.3) is 5.91 Å². The minimum Gasteiger partial charge on any atom is -0.484 e. The van der Waals surface area contributed by atoms with Crippen LogP contribution in [0, 0.1) is 0 Å². The number of carbonyl (C=O) groups excluding carboxylic acids is 1. The van der Waals surface area contributed by atoms with Crippen LogP contribution in [-0.2, 0) is 11.8 Å². The summed E-state index contributed by atoms with van der Waals surface area (Å²) in [4.78, 5) is 11.5. The van der Waals surface area contributed by atoms with Crippen LogP contribution in [0.5, 0.6) is 5.75 Å². The maximum Gasteiger partial charge on any atom is 0.277 e. The Morgan fingerprint density at radius 3 is 2.79 bits per heavy atom. The van der Waals surface area contributed by atoms with Crippen molar-refractivity contribution >= 4 is 12.1 Å². The van der Waals surface area contributed by atoms with E-state index in [1.54, 1.807) is 18.3 Å². The summed E-state index contributed by atoms with van der Waals surface area (Å²) >= 11 is 0. The highest BCUT2D eigenvalue weighted by molar-refractivity contribution is 5.81. The highest BCUT2D eigenvalue weighted by atomic mass is 16.5. The van der Waals surface area contributed by atoms with E-state index in [2.05, 4.69) is 10.5 Å². The summed E-state index contributed by atoms with van der Waals surface area (Å²) in [6, 6.07) is 13.0. The van der Waals surface area contributed by atoms with Crippen molar-refractivity contribution in [2.45, 2.75) is 0 Å². The average Bonchev–Trinajstić information content (AvgIpc) is 2.83. The molecule has 2 aromatic rings. The molecule has 5 heteroatoms. The minimum atomic E-state index is -0.297. The van der Waals surface area contributed by atoms with Crippen LogP contribution < -0.4 is 10.2 Å². The third kappa shape index (κ3) is 3.99. The van der Waals surface area contributed by atoms with Gasteiger partial charge in [-0.25, -0.2) is 5.43 Å². The van der Waals surface area contributed by atoms with Crippen molar-refractivity contribution in [2.24, 2.45) is 12.1 Å². The average molecular weight is 257 g/mol. The van der Waals surface area contributed by atoms with Crippen LogP contribution in [0.15, 0.2) is 53.8 Å². The molecule has 5 nitrogen and oxygen atoms in total. The fourth-order valence-electron chi connectivity index (χ4n) is 1.48. The number of ether oxygens (including phenoxy) is 1. The van der Waals surface area contributed by atoms with E-state index in [9.17, 15) is 4.79 Å². The Morgan fingerprint density at radius 2 is 2.11 bits per heavy atom. The van der Waals surface area contributed by atoms with Gasteiger partial charge in [0.2, 0.25) is 0 Å². The van der Waals surface area contributed by atoms with Gasteiger partial charge in [-0.15, -0.1) is 0 Å². The van der Waals surface area contributed by atoms with Gasteiger partial charge in [0, 0.05) is 13.2 Å². The molecule has 0 bridgehead atoms. The monoisotopic (exact) mass is 257 g/mol. The lowest BCUT2D eigenvalue weighted by atomic mass is 10.3. The maximum atomic E-state index is 11.5. The number of amides is 1. The molecule has 0 aliphatic rings. The summed E-state index contributed by atoms with van der Waals surface area (Å²) in [7, 11) is 1.90. The van der Waals surface area contributed by atoms with Crippen LogP contribution in [0.25, 0.3) is 0 Å². The second kappa shape index (κ2) is 6.39. The predicted molar refractivity (Wildman–Crippen MR) is 73.1 cm³/mol. The molecule has 2 rings (SSSR count). The Balaban J connectivity index is 1.76. The molecule has 0 saturated heterocycles. The number of hydrazone groups is 1. The van der Waals surface area contributed by atoms with Crippen molar-refractivity contribution < 1.29 is 9.53 Å². The summed E-state index contributed by atoms with van der Waals surface area (Å²) in [5.41, 5.74) is 3.32. The molecule has 0 unspecified atom stereocenters. The van der Waals surface area contributed by atoms with E-state index in [1.807, 2.05) is 48.1 Å². The van der Waals surface area contributed by atoms with Crippen molar-refractivity contribution in [3.05, 3.63) is 54.4 Å². The summed E-state index contributed by atoms with van der Waals surface area (Å²) in [6.07, 6.45) is 3.49. The van der Waals surface area contributed by atoms with Gasteiger partial charge >= 0.3 is 0 Å². The first kappa shape index (κ1) is 12.9. The molecule has 1 aromatic carbocycles. The zero-order valence-electron chi connectivity index (χ0n) is 10.6. The Morgan fingerprint density at radius 1 is 1.32 bits per heavy atom. The van der Waals surface area contributed by atoms with E-state index < -0.39 is 0 Å². The molecule has 1 amide bonds. The molecule has 0 radical (unpaired) electrons. The number of hydrogen-bond acceptors (Lipinski definition) is 3. The molecule has 0 spiro atoms. The molecule has 0 fully saturated rings. The van der Waals surface area contributed by atoms with Crippen LogP contribution >= 0.6 is 0 Å². The van der Waals surface area contributed by atoms with Crippen molar-refractivity contribution in [3.63, 3.8) is 0 Å². The molecular formula is C14H15N3O2. The third-order valence-corrected chi connectivity index (χ3v) is 2.48. The molecule has 0 aliphatic carbocycles. The van der Waals surface area contributed by atoms with Gasteiger partial charge in [-0.1, -0.05) is 18.2 Å². The number of aromatic nitrogens is 1. The van der Waals surface area contributed by atoms with Crippen molar-refractivity contribution in [3.8, 4) is 5.75 Å². The molecule has 98 valence electrons. The van der Waals surface area contributed by atoms with E-state index in [1.165, 1.54) is 0 Å². The van der Waals surface area contributed by atoms with Gasteiger partial charge in [-0.2, -0.15) is 5.10 Å². The maximum absolute atomic E-state index is 11.5. The fraction of sp³-hybridized carbons (Fsp3) is 0.143. The van der Waals surface area contributed by atoms with Crippen LogP contribution in [-0.4, -0.2) is 23.3 Å². The van der Waals surface area contributed by atoms with Gasteiger partial charge in [-0.3, -0.25) is 4.79 Å². The van der Waals surface area contributed by atoms with Crippen molar-refractivity contribution in [2.75, 3.05) is 6.61 Å². The van der Waals surface area contributed by atoms with E-state index in [-0.39, 0.29) is 12.5 Å². The number of aryl methyl sites for hydroxylation is 1. The number of nitrogens with one attached hydrogen (secondary N) is 1. The molecule has 1 N–H and O–H groups in total. The second-order valence-corrected chi connectivity index (χ2v) is 3.94. The SMILES string of the molecule is Cn1cccc1/C=N\NC(=O)COc1ccccc1. The Bertz CT molecular complexity index is 561. The molecule has 0 atom stereocenters. The lowest BCUT2D eigenvalue weighted by Crippen LogP contribution is -2.24. The normalized spacial score (nSPS) is 10.6. The summed E-state index contributed by atoms with van der Waals surface area (Å²) in [5.74, 6) is 0.360. The summed E-state index contributed by atoms with van der Waals surface area (Å²) in [5, 5.41) is 3.86. The number of nitrogens with zero attached hydrogens (tertiary/aromatic N) is 2. The van der Waals surface area contributed by atoms with Gasteiger partial charge in [0.05, 0.1) is 11.9 Å². The topological polar surface area (TPSA) is 55.6 Å². The lowest BCUT2D eigenvalue weighted by molar-refractivity contribution is -0.123. The first-order chi connectivity index (χ1) is 9.25. The first-order valence-corrected chi connectivity index (χ1v) is 5.87. The standard InChI is InChI=1S/C14H15N3O2/c1-17-9-5-6-12(17)10-15-16-14(18)11-19-13-7-3-2-4-8-13/h2-10H,11H2,1H3,(H,16,18)/b15-10-. The molecular weight excluding hydrogens is 242 g/mol. The molecule has 1 heterocycles. The molecule has 1 aromatic heterocycles. The molecule has 0 aliphatic heterocycles. The van der Waals surface area contributed by atoms with Gasteiger partial charge < -0.3 is 9.30 Å². The number of carbonyl (C=O) groups is 1. The summed E-state index contributed by atoms with van der Waals surface area (Å²) < 4.78 is 7.19. The Hall–Kier alpha value is -2.56. The van der Waals surface area contributed by atoms with Crippen LogP contribution in [0.3, 0.4) is 0 Å². The number of rotatable bonds is 5. The van der Waals surface area contributed by atoms with Gasteiger partial charge in [0.1, 0.15) is 5.75 Å². The van der Waals surface area contributed by atoms with Gasteiger partial charge in [0.15, 0.2) is 6.61 Å². The van der Waals surface area contributed by atoms with Crippen molar-refractivity contribution in [1.82, 2.24) is 9.99 Å². The van der Waals surface area contributed by atoms with Gasteiger partial charge in [-0.05, 0) is 24.3 Å². The van der Waals surface area contributed by atoms with E-state index >= 15 is 0 Å². The minimum absolute atomic E-state index is 0.0610. The predicted octanol–water partition coefficient (Wildman–Crippen LogP) is 1.55. The van der Waals surface area contributed by atoms with Crippen molar-refractivity contribution in [1.29, 1.82) is 0 Å². The van der Waals surface area contributed by atoms with Crippen LogP contribution in [0.1, 0.15) is 5.69 Å². The second-order valence-electron chi connectivity index (χ2n) is 3.94. The molecule has 0 saturated carbocycles. The highest BCUT2D eigenvalue weighted by Crippen LogP contribution is 2.07. The molecule has 19 heavy (non-hydrogen) atoms. The Kier molecular flexibility index (Phi) is 4.34. The smallest absolute Gasteiger partial charge is 0.277 e. The number of para-hydroxylation sites is 1. The lowest BCUT2D eigenvalue weighted by Gasteiger charge is -2.04. The van der Waals surface area contributed by atoms with E-state index in [0.717, 1.165) is 5.69 Å². The number of hydrogen-bond donors (Lipinski definition) is 1. The quantitative estimate of drug-likeness (QED) is 0.652. The largest absolute Gasteiger partial charge is 0.484 e. The fourth-order valence-corrected chi connectivity index (χ4v) is 1.48. The zero-order chi connectivity index (χ0) is 13.5. The highest BCUT2D eigenvalue weighted by Gasteiger charge is 2.00. The summed E-state index contributed by atoms with van der Waals surface area (Å²) in [6.45, 7) is -0.0610. The van der Waals surface area contributed by atoms with Crippen LogP contribution in [0.4, 0.5) is 0 Å². The number of benzene rings is 1. The third-order valence-electron chi connectivity index (χ3n) is 2.48. The first-order valence-electron chi connectivity index (χ1n) is 5.87.